The number of alkyl halides is 1. The van der Waals surface area contributed by atoms with E-state index in [0.29, 0.717) is 12.9 Å². The van der Waals surface area contributed by atoms with Gasteiger partial charge >= 0.3 is 0 Å². The molecule has 0 saturated heterocycles. The summed E-state index contributed by atoms with van der Waals surface area (Å²) in [5.74, 6) is -1.14. The summed E-state index contributed by atoms with van der Waals surface area (Å²) in [6.07, 6.45) is 0. The Bertz CT molecular complexity index is 572. The van der Waals surface area contributed by atoms with Gasteiger partial charge in [-0.05, 0) is 68.4 Å². The van der Waals surface area contributed by atoms with Crippen LogP contribution < -0.4 is 5.32 Å². The van der Waals surface area contributed by atoms with Crippen molar-refractivity contribution in [2.24, 2.45) is 11.8 Å². The Morgan fingerprint density at radius 3 is 2.10 bits per heavy atom. The van der Waals surface area contributed by atoms with Gasteiger partial charge in [-0.1, -0.05) is 36.4 Å². The first-order valence-corrected chi connectivity index (χ1v) is 9.89. The third-order valence-corrected chi connectivity index (χ3v) is 6.88. The number of hydrogen-bond donors (Lipinski definition) is 1. The lowest BCUT2D eigenvalue weighted by atomic mass is 9.93. The summed E-state index contributed by atoms with van der Waals surface area (Å²) in [4.78, 5) is 35.3. The van der Waals surface area contributed by atoms with Crippen LogP contribution >= 0.6 is 91.0 Å². The van der Waals surface area contributed by atoms with Gasteiger partial charge in [0.05, 0.1) is 15.5 Å². The summed E-state index contributed by atoms with van der Waals surface area (Å²) in [6.45, 7) is 3.50. The van der Waals surface area contributed by atoms with E-state index in [4.69, 9.17) is 23.2 Å². The molecule has 0 saturated carbocycles. The molecule has 1 amide bonds. The highest BCUT2D eigenvalue weighted by Gasteiger charge is 2.40. The Balaban J connectivity index is 3.43. The molecule has 0 radical (unpaired) electrons. The van der Waals surface area contributed by atoms with Crippen LogP contribution in [0.3, 0.4) is 0 Å². The van der Waals surface area contributed by atoms with Crippen molar-refractivity contribution in [2.75, 3.05) is 0 Å². The molecule has 1 rings (SSSR count). The monoisotopic (exact) mass is 667 g/mol. The second kappa shape index (κ2) is 8.25. The number of rotatable bonds is 4. The highest BCUT2D eigenvalue weighted by Crippen LogP contribution is 2.45. The number of nitrogens with one attached hydrogen (secondary N) is 1. The standard InChI is InChI=1S/C12H10Cl2I3NO3/c1-3(2)12(21)18-9-7(16)4(10(13)19)6(15)5(8(9)17)11(14)20/h3-4,6H,1-2H3,(H,18,21). The molecular weight excluding hydrogens is 658 g/mol. The van der Waals surface area contributed by atoms with Gasteiger partial charge in [0.2, 0.25) is 11.1 Å². The van der Waals surface area contributed by atoms with E-state index in [9.17, 15) is 14.4 Å². The summed E-state index contributed by atoms with van der Waals surface area (Å²) < 4.78 is 0.683. The number of carbonyl (C=O) groups is 3. The van der Waals surface area contributed by atoms with E-state index in [0.717, 1.165) is 0 Å². The highest BCUT2D eigenvalue weighted by atomic mass is 127. The van der Waals surface area contributed by atoms with Gasteiger partial charge in [-0.2, -0.15) is 0 Å². The van der Waals surface area contributed by atoms with Gasteiger partial charge in [0.25, 0.3) is 5.24 Å². The molecule has 0 bridgehead atoms. The minimum absolute atomic E-state index is 0.206. The smallest absolute Gasteiger partial charge is 0.250 e. The average molecular weight is 668 g/mol. The van der Waals surface area contributed by atoms with Gasteiger partial charge in [0, 0.05) is 18.7 Å². The third kappa shape index (κ3) is 4.54. The average Bonchev–Trinajstić information content (AvgIpc) is 2.32. The van der Waals surface area contributed by atoms with Gasteiger partial charge in [0.15, 0.2) is 0 Å². The molecule has 0 heterocycles. The molecule has 0 fully saturated rings. The number of hydrogen-bond acceptors (Lipinski definition) is 3. The fraction of sp³-hybridized carbons (Fsp3) is 0.417. The summed E-state index contributed by atoms with van der Waals surface area (Å²) in [6, 6.07) is 0. The first kappa shape index (κ1) is 20.1. The summed E-state index contributed by atoms with van der Waals surface area (Å²) in [5, 5.41) is 1.51. The number of allylic oxidation sites excluding steroid dienone is 3. The van der Waals surface area contributed by atoms with Crippen LogP contribution in [0.5, 0.6) is 0 Å². The van der Waals surface area contributed by atoms with Crippen molar-refractivity contribution in [1.29, 1.82) is 0 Å². The molecule has 0 spiro atoms. The van der Waals surface area contributed by atoms with Crippen molar-refractivity contribution in [1.82, 2.24) is 5.32 Å². The zero-order valence-corrected chi connectivity index (χ0v) is 18.8. The van der Waals surface area contributed by atoms with E-state index in [1.807, 2.05) is 67.8 Å². The van der Waals surface area contributed by atoms with Crippen LogP contribution in [-0.4, -0.2) is 20.3 Å². The predicted octanol–water partition coefficient (Wildman–Crippen LogP) is 4.06. The number of halogens is 5. The second-order valence-corrected chi connectivity index (χ2v) is 8.85. The summed E-state index contributed by atoms with van der Waals surface area (Å²) >= 11 is 17.2. The Kier molecular flexibility index (Phi) is 7.89. The van der Waals surface area contributed by atoms with Crippen molar-refractivity contribution < 1.29 is 14.4 Å². The van der Waals surface area contributed by atoms with Crippen LogP contribution in [0, 0.1) is 11.8 Å². The van der Waals surface area contributed by atoms with Crippen molar-refractivity contribution >= 4 is 107 Å². The molecule has 0 aromatic heterocycles. The molecule has 0 aromatic rings. The first-order valence-electron chi connectivity index (χ1n) is 5.73. The van der Waals surface area contributed by atoms with Crippen molar-refractivity contribution in [3.8, 4) is 0 Å². The third-order valence-electron chi connectivity index (χ3n) is 2.77. The quantitative estimate of drug-likeness (QED) is 0.280. The van der Waals surface area contributed by atoms with Crippen LogP contribution in [0.25, 0.3) is 0 Å². The molecular formula is C12H10Cl2I3NO3. The molecule has 2 unspecified atom stereocenters. The van der Waals surface area contributed by atoms with Gasteiger partial charge < -0.3 is 5.32 Å². The lowest BCUT2D eigenvalue weighted by Crippen LogP contribution is -2.36. The molecule has 0 aromatic carbocycles. The predicted molar refractivity (Wildman–Crippen MR) is 108 cm³/mol. The van der Waals surface area contributed by atoms with Gasteiger partial charge in [0.1, 0.15) is 0 Å². The lowest BCUT2D eigenvalue weighted by molar-refractivity contribution is -0.123. The normalized spacial score (nSPS) is 22.7. The minimum Gasteiger partial charge on any atom is -0.324 e. The molecule has 1 aliphatic rings. The number of amides is 1. The molecule has 2 atom stereocenters. The maximum Gasteiger partial charge on any atom is 0.250 e. The number of carbonyl (C=O) groups excluding carboxylic acids is 3. The second-order valence-electron chi connectivity index (χ2n) is 4.55. The summed E-state index contributed by atoms with van der Waals surface area (Å²) in [5.41, 5.74) is 0.724. The molecule has 1 aliphatic carbocycles. The topological polar surface area (TPSA) is 63.2 Å². The Hall–Kier alpha value is 1.06. The minimum atomic E-state index is -0.702. The van der Waals surface area contributed by atoms with Gasteiger partial charge in [-0.3, -0.25) is 14.4 Å². The lowest BCUT2D eigenvalue weighted by Gasteiger charge is -2.29. The van der Waals surface area contributed by atoms with E-state index in [-0.39, 0.29) is 17.4 Å². The van der Waals surface area contributed by atoms with Crippen LogP contribution in [0.2, 0.25) is 0 Å². The maximum atomic E-state index is 11.9. The fourth-order valence-electron chi connectivity index (χ4n) is 1.60. The van der Waals surface area contributed by atoms with Crippen LogP contribution in [0.15, 0.2) is 18.4 Å². The zero-order valence-electron chi connectivity index (χ0n) is 10.8. The Labute approximate surface area is 173 Å². The van der Waals surface area contributed by atoms with E-state index in [2.05, 4.69) is 5.32 Å². The van der Waals surface area contributed by atoms with Crippen LogP contribution in [-0.2, 0) is 14.4 Å². The highest BCUT2D eigenvalue weighted by molar-refractivity contribution is 14.1. The van der Waals surface area contributed by atoms with Crippen molar-refractivity contribution in [2.45, 2.75) is 17.8 Å². The Morgan fingerprint density at radius 2 is 1.71 bits per heavy atom. The zero-order chi connectivity index (χ0) is 16.5. The van der Waals surface area contributed by atoms with Gasteiger partial charge in [-0.15, -0.1) is 0 Å². The fourth-order valence-corrected chi connectivity index (χ4v) is 7.92. The van der Waals surface area contributed by atoms with Crippen LogP contribution in [0.4, 0.5) is 0 Å². The van der Waals surface area contributed by atoms with Crippen molar-refractivity contribution in [3.05, 3.63) is 18.4 Å². The molecule has 1 N–H and O–H groups in total. The van der Waals surface area contributed by atoms with Gasteiger partial charge in [-0.25, -0.2) is 0 Å². The van der Waals surface area contributed by atoms with Crippen LogP contribution in [0.1, 0.15) is 13.8 Å². The molecule has 116 valence electrons. The summed E-state index contributed by atoms with van der Waals surface area (Å²) in [7, 11) is 0. The first-order chi connectivity index (χ1) is 9.59. The SMILES string of the molecule is CC(C)C(=O)NC1=C(I)C(C(=O)Cl)C(I)C(C(=O)Cl)=C1I. The Morgan fingerprint density at radius 1 is 1.19 bits per heavy atom. The molecule has 9 heteroatoms. The molecule has 0 aliphatic heterocycles. The molecule has 21 heavy (non-hydrogen) atoms. The van der Waals surface area contributed by atoms with E-state index >= 15 is 0 Å². The van der Waals surface area contributed by atoms with E-state index in [1.54, 1.807) is 13.8 Å². The van der Waals surface area contributed by atoms with E-state index < -0.39 is 20.3 Å². The van der Waals surface area contributed by atoms with Crippen molar-refractivity contribution in [3.63, 3.8) is 0 Å². The largest absolute Gasteiger partial charge is 0.324 e. The van der Waals surface area contributed by atoms with E-state index in [1.165, 1.54) is 0 Å². The molecule has 4 nitrogen and oxygen atoms in total. The maximum absolute atomic E-state index is 11.9.